The molecule has 8 heteroatoms. The minimum atomic E-state index is -3.74. The Morgan fingerprint density at radius 2 is 1.79 bits per heavy atom. The summed E-state index contributed by atoms with van der Waals surface area (Å²) in [6, 6.07) is 15.7. The van der Waals surface area contributed by atoms with Crippen molar-refractivity contribution < 1.29 is 18.0 Å². The molecule has 1 N–H and O–H groups in total. The van der Waals surface area contributed by atoms with Crippen LogP contribution in [0.1, 0.15) is 49.6 Å². The summed E-state index contributed by atoms with van der Waals surface area (Å²) >= 11 is 1.48. The molecule has 3 aromatic rings. The number of hydrogen-bond donors (Lipinski definition) is 1. The smallest absolute Gasteiger partial charge is 0.253 e. The third kappa shape index (κ3) is 5.46. The van der Waals surface area contributed by atoms with Crippen molar-refractivity contribution in [2.24, 2.45) is 5.92 Å². The lowest BCUT2D eigenvalue weighted by molar-refractivity contribution is 0.0650. The van der Waals surface area contributed by atoms with Gasteiger partial charge < -0.3 is 4.90 Å². The van der Waals surface area contributed by atoms with E-state index in [0.29, 0.717) is 31.5 Å². The molecule has 0 aliphatic carbocycles. The number of likely N-dealkylation sites (tertiary alicyclic amines) is 1. The zero-order valence-electron chi connectivity index (χ0n) is 19.3. The molecular weight excluding hydrogens is 468 g/mol. The maximum Gasteiger partial charge on any atom is 0.253 e. The van der Waals surface area contributed by atoms with Gasteiger partial charge in [-0.1, -0.05) is 35.9 Å². The molecule has 6 nitrogen and oxygen atoms in total. The second-order valence-electron chi connectivity index (χ2n) is 8.68. The van der Waals surface area contributed by atoms with E-state index in [1.165, 1.54) is 23.5 Å². The molecule has 0 saturated carbocycles. The number of aryl methyl sites for hydroxylation is 2. The summed E-state index contributed by atoms with van der Waals surface area (Å²) in [6.45, 7) is 5.10. The van der Waals surface area contributed by atoms with Gasteiger partial charge in [-0.3, -0.25) is 9.59 Å². The molecule has 1 aliphatic rings. The van der Waals surface area contributed by atoms with Crippen molar-refractivity contribution in [1.82, 2.24) is 9.62 Å². The lowest BCUT2D eigenvalue weighted by Gasteiger charge is -2.31. The van der Waals surface area contributed by atoms with Crippen LogP contribution in [0, 0.1) is 19.8 Å². The molecule has 1 aromatic heterocycles. The van der Waals surface area contributed by atoms with Crippen molar-refractivity contribution in [2.45, 2.75) is 38.1 Å². The number of benzene rings is 2. The predicted octanol–water partition coefficient (Wildman–Crippen LogP) is 4.58. The molecule has 0 bridgehead atoms. The molecule has 1 saturated heterocycles. The van der Waals surface area contributed by atoms with Gasteiger partial charge in [0.05, 0.1) is 4.90 Å². The van der Waals surface area contributed by atoms with Gasteiger partial charge in [-0.25, -0.2) is 13.1 Å². The monoisotopic (exact) mass is 496 g/mol. The van der Waals surface area contributed by atoms with Crippen molar-refractivity contribution in [3.63, 3.8) is 0 Å². The number of amides is 1. The van der Waals surface area contributed by atoms with Gasteiger partial charge >= 0.3 is 0 Å². The fraction of sp³-hybridized carbons (Fsp3) is 0.308. The van der Waals surface area contributed by atoms with Gasteiger partial charge in [0.1, 0.15) is 0 Å². The Balaban J connectivity index is 1.40. The fourth-order valence-electron chi connectivity index (χ4n) is 4.30. The van der Waals surface area contributed by atoms with Gasteiger partial charge in [-0.2, -0.15) is 0 Å². The summed E-state index contributed by atoms with van der Waals surface area (Å²) in [5, 5.41) is 1.89. The molecular formula is C26H28N2O4S2. The third-order valence-electron chi connectivity index (χ3n) is 6.21. The Morgan fingerprint density at radius 1 is 1.03 bits per heavy atom. The first kappa shape index (κ1) is 24.3. The van der Waals surface area contributed by atoms with E-state index in [1.54, 1.807) is 17.0 Å². The van der Waals surface area contributed by atoms with E-state index in [0.717, 1.165) is 21.6 Å². The van der Waals surface area contributed by atoms with E-state index in [1.807, 2.05) is 49.6 Å². The Labute approximate surface area is 204 Å². The number of nitrogens with zero attached hydrogens (tertiary/aromatic N) is 1. The molecule has 2 heterocycles. The number of ketones is 1. The molecule has 4 rings (SSSR count). The predicted molar refractivity (Wildman–Crippen MR) is 134 cm³/mol. The van der Waals surface area contributed by atoms with Crippen LogP contribution in [0.2, 0.25) is 0 Å². The second-order valence-corrected chi connectivity index (χ2v) is 11.5. The summed E-state index contributed by atoms with van der Waals surface area (Å²) in [7, 11) is -3.74. The van der Waals surface area contributed by atoms with Gasteiger partial charge in [0.15, 0.2) is 5.78 Å². The van der Waals surface area contributed by atoms with E-state index in [-0.39, 0.29) is 29.0 Å². The molecule has 1 amide bonds. The van der Waals surface area contributed by atoms with Crippen molar-refractivity contribution >= 4 is 33.1 Å². The lowest BCUT2D eigenvalue weighted by Crippen LogP contribution is -2.40. The highest BCUT2D eigenvalue weighted by Gasteiger charge is 2.29. The van der Waals surface area contributed by atoms with Crippen LogP contribution in [-0.4, -0.2) is 38.1 Å². The first-order valence-electron chi connectivity index (χ1n) is 11.3. The number of nitrogens with one attached hydrogen (secondary N) is 1. The number of piperidine rings is 1. The highest BCUT2D eigenvalue weighted by atomic mass is 32.2. The Morgan fingerprint density at radius 3 is 2.47 bits per heavy atom. The maximum absolute atomic E-state index is 13.1. The molecule has 34 heavy (non-hydrogen) atoms. The van der Waals surface area contributed by atoms with Crippen molar-refractivity contribution in [1.29, 1.82) is 0 Å². The molecule has 0 unspecified atom stereocenters. The fourth-order valence-corrected chi connectivity index (χ4v) is 6.08. The summed E-state index contributed by atoms with van der Waals surface area (Å²) in [4.78, 5) is 28.8. The summed E-state index contributed by atoms with van der Waals surface area (Å²) in [6.07, 6.45) is 1.19. The minimum Gasteiger partial charge on any atom is -0.339 e. The molecule has 0 radical (unpaired) electrons. The lowest BCUT2D eigenvalue weighted by atomic mass is 9.87. The number of thiophene rings is 1. The summed E-state index contributed by atoms with van der Waals surface area (Å²) < 4.78 is 28.0. The van der Waals surface area contributed by atoms with Gasteiger partial charge in [0.25, 0.3) is 5.91 Å². The quantitative estimate of drug-likeness (QED) is 0.486. The molecule has 2 aromatic carbocycles. The van der Waals surface area contributed by atoms with Crippen LogP contribution in [0.15, 0.2) is 64.9 Å². The number of hydrogen-bond acceptors (Lipinski definition) is 5. The second kappa shape index (κ2) is 10.2. The Bertz CT molecular complexity index is 1290. The van der Waals surface area contributed by atoms with E-state index in [4.69, 9.17) is 0 Å². The highest BCUT2D eigenvalue weighted by molar-refractivity contribution is 7.89. The first-order valence-corrected chi connectivity index (χ1v) is 13.6. The third-order valence-corrected chi connectivity index (χ3v) is 8.48. The number of carbonyl (C=O) groups excluding carboxylic acids is 2. The molecule has 1 aliphatic heterocycles. The number of Topliss-reactive ketones (excluding diaryl/α,β-unsaturated/α-hetero) is 1. The molecule has 1 fully saturated rings. The molecule has 178 valence electrons. The number of rotatable bonds is 7. The van der Waals surface area contributed by atoms with Gasteiger partial charge in [0, 0.05) is 41.6 Å². The van der Waals surface area contributed by atoms with Crippen LogP contribution in [-0.2, 0) is 16.6 Å². The first-order chi connectivity index (χ1) is 16.2. The van der Waals surface area contributed by atoms with Crippen LogP contribution in [0.3, 0.4) is 0 Å². The van der Waals surface area contributed by atoms with E-state index >= 15 is 0 Å². The van der Waals surface area contributed by atoms with Crippen molar-refractivity contribution in [3.05, 3.63) is 87.1 Å². The number of carbonyl (C=O) groups is 2. The molecule has 0 atom stereocenters. The van der Waals surface area contributed by atoms with Crippen LogP contribution in [0.4, 0.5) is 0 Å². The average molecular weight is 497 g/mol. The average Bonchev–Trinajstić information content (AvgIpc) is 3.36. The van der Waals surface area contributed by atoms with Gasteiger partial charge in [-0.05, 0) is 61.9 Å². The van der Waals surface area contributed by atoms with Crippen LogP contribution in [0.25, 0.3) is 0 Å². The highest BCUT2D eigenvalue weighted by Crippen LogP contribution is 2.25. The van der Waals surface area contributed by atoms with Crippen LogP contribution >= 0.6 is 11.3 Å². The number of sulfonamides is 1. The van der Waals surface area contributed by atoms with Crippen molar-refractivity contribution in [3.8, 4) is 0 Å². The normalized spacial score (nSPS) is 14.8. The molecule has 0 spiro atoms. The van der Waals surface area contributed by atoms with Crippen LogP contribution < -0.4 is 4.72 Å². The van der Waals surface area contributed by atoms with E-state index < -0.39 is 10.0 Å². The largest absolute Gasteiger partial charge is 0.339 e. The standard InChI is InChI=1S/C26H28N2O4S2/c1-18-8-9-24(19(2)15-18)25(29)20-10-12-28(13-11-20)26(30)21-5-3-7-23(16-21)34(31,32)27-17-22-6-4-14-33-22/h3-9,14-16,20,27H,10-13,17H2,1-2H3. The zero-order valence-corrected chi connectivity index (χ0v) is 20.9. The zero-order chi connectivity index (χ0) is 24.3. The van der Waals surface area contributed by atoms with E-state index in [2.05, 4.69) is 4.72 Å². The summed E-state index contributed by atoms with van der Waals surface area (Å²) in [5.41, 5.74) is 3.19. The minimum absolute atomic E-state index is 0.0646. The Hall–Kier alpha value is -2.81. The van der Waals surface area contributed by atoms with Crippen molar-refractivity contribution in [2.75, 3.05) is 13.1 Å². The van der Waals surface area contributed by atoms with E-state index in [9.17, 15) is 18.0 Å². The van der Waals surface area contributed by atoms with Gasteiger partial charge in [-0.15, -0.1) is 11.3 Å². The van der Waals surface area contributed by atoms with Gasteiger partial charge in [0.2, 0.25) is 10.0 Å². The van der Waals surface area contributed by atoms with Crippen LogP contribution in [0.5, 0.6) is 0 Å². The maximum atomic E-state index is 13.1. The topological polar surface area (TPSA) is 83.6 Å². The Kier molecular flexibility index (Phi) is 7.30. The summed E-state index contributed by atoms with van der Waals surface area (Å²) in [5.74, 6) is -0.194. The SMILES string of the molecule is Cc1ccc(C(=O)C2CCN(C(=O)c3cccc(S(=O)(=O)NCc4cccs4)c3)CC2)c(C)c1.